The van der Waals surface area contributed by atoms with Crippen LogP contribution < -0.4 is 0 Å². The fourth-order valence-corrected chi connectivity index (χ4v) is 9.11. The molecule has 11 heteroatoms. The fourth-order valence-electron chi connectivity index (χ4n) is 2.43. The highest BCUT2D eigenvalue weighted by atomic mass is 32.2. The minimum absolute atomic E-state index is 0.00833. The molecule has 8 nitrogen and oxygen atoms in total. The van der Waals surface area contributed by atoms with Gasteiger partial charge in [0.2, 0.25) is 7.37 Å². The topological polar surface area (TPSA) is 105 Å². The van der Waals surface area contributed by atoms with Crippen molar-refractivity contribution in [2.45, 2.75) is 39.0 Å². The summed E-state index contributed by atoms with van der Waals surface area (Å²) in [5.41, 5.74) is 0.935. The lowest BCUT2D eigenvalue weighted by atomic mass is 10.2. The molecule has 0 heterocycles. The number of aryl methyl sites for hydroxylation is 1. The molecular formula is C17H30O8P2S. The van der Waals surface area contributed by atoms with E-state index in [2.05, 4.69) is 0 Å². The molecule has 1 aromatic rings. The molecule has 0 amide bonds. The van der Waals surface area contributed by atoms with E-state index >= 15 is 0 Å². The quantitative estimate of drug-likeness (QED) is 0.227. The molecule has 1 unspecified atom stereocenters. The zero-order chi connectivity index (χ0) is 21.3. The fraction of sp³-hybridized carbons (Fsp3) is 0.647. The molecule has 0 aromatic heterocycles. The lowest BCUT2D eigenvalue weighted by molar-refractivity contribution is 0.222. The van der Waals surface area contributed by atoms with Crippen LogP contribution in [0.25, 0.3) is 0 Å². The van der Waals surface area contributed by atoms with Crippen molar-refractivity contribution in [3.8, 4) is 0 Å². The summed E-state index contributed by atoms with van der Waals surface area (Å²) in [6.07, 6.45) is 0.162. The molecule has 0 radical (unpaired) electrons. The van der Waals surface area contributed by atoms with Crippen LogP contribution in [0.5, 0.6) is 0 Å². The summed E-state index contributed by atoms with van der Waals surface area (Å²) in [4.78, 5) is 0.0586. The van der Waals surface area contributed by atoms with Crippen LogP contribution in [-0.4, -0.2) is 46.9 Å². The van der Waals surface area contributed by atoms with Crippen LogP contribution in [0.3, 0.4) is 0 Å². The van der Waals surface area contributed by atoms with Gasteiger partial charge in [-0.1, -0.05) is 17.7 Å². The first-order valence-electron chi connectivity index (χ1n) is 9.16. The Kier molecular flexibility index (Phi) is 10.6. The van der Waals surface area contributed by atoms with Gasteiger partial charge in [0.1, 0.15) is 5.90 Å². The summed E-state index contributed by atoms with van der Waals surface area (Å²) >= 11 is 0. The van der Waals surface area contributed by atoms with Crippen molar-refractivity contribution in [3.63, 3.8) is 0 Å². The van der Waals surface area contributed by atoms with Crippen LogP contribution in [0, 0.1) is 6.92 Å². The van der Waals surface area contributed by atoms with Crippen molar-refractivity contribution in [2.75, 3.05) is 38.5 Å². The highest BCUT2D eigenvalue weighted by Gasteiger charge is 2.36. The molecule has 0 spiro atoms. The molecule has 0 aliphatic rings. The molecule has 0 N–H and O–H groups in total. The Morgan fingerprint density at radius 3 is 1.93 bits per heavy atom. The van der Waals surface area contributed by atoms with Gasteiger partial charge >= 0.3 is 7.60 Å². The summed E-state index contributed by atoms with van der Waals surface area (Å²) < 4.78 is 70.9. The van der Waals surface area contributed by atoms with Crippen molar-refractivity contribution in [2.24, 2.45) is 0 Å². The highest BCUT2D eigenvalue weighted by molar-refractivity contribution is 7.86. The molecule has 28 heavy (non-hydrogen) atoms. The Morgan fingerprint density at radius 2 is 1.43 bits per heavy atom. The lowest BCUT2D eigenvalue weighted by Crippen LogP contribution is -2.11. The standard InChI is InChI=1S/C17H30O8P2S/c1-5-22-26(18,15-27(19,23-6-2)24-7-3)14-8-13-25-28(20,21)17-11-9-16(4)10-12-17/h9-12H,5-8,13-15H2,1-4H3. The summed E-state index contributed by atoms with van der Waals surface area (Å²) in [6, 6.07) is 6.30. The van der Waals surface area contributed by atoms with Crippen LogP contribution >= 0.6 is 15.0 Å². The average molecular weight is 456 g/mol. The van der Waals surface area contributed by atoms with Gasteiger partial charge in [-0.3, -0.25) is 13.3 Å². The lowest BCUT2D eigenvalue weighted by Gasteiger charge is -2.23. The largest absolute Gasteiger partial charge is 0.340 e. The summed E-state index contributed by atoms with van der Waals surface area (Å²) in [5.74, 6) is -0.347. The van der Waals surface area contributed by atoms with E-state index in [0.29, 0.717) is 0 Å². The zero-order valence-electron chi connectivity index (χ0n) is 16.8. The second kappa shape index (κ2) is 11.6. The van der Waals surface area contributed by atoms with Crippen molar-refractivity contribution in [1.82, 2.24) is 0 Å². The molecular weight excluding hydrogens is 426 g/mol. The van der Waals surface area contributed by atoms with E-state index in [1.54, 1.807) is 32.9 Å². The molecule has 1 aromatic carbocycles. The summed E-state index contributed by atoms with van der Waals surface area (Å²) in [6.45, 7) is 7.17. The molecule has 162 valence electrons. The van der Waals surface area contributed by atoms with E-state index in [4.69, 9.17) is 17.8 Å². The summed E-state index contributed by atoms with van der Waals surface area (Å²) in [7, 11) is -10.8. The maximum absolute atomic E-state index is 13.1. The van der Waals surface area contributed by atoms with Crippen molar-refractivity contribution < 1.29 is 35.3 Å². The van der Waals surface area contributed by atoms with Crippen molar-refractivity contribution >= 4 is 25.1 Å². The number of benzene rings is 1. The third-order valence-electron chi connectivity index (χ3n) is 3.60. The van der Waals surface area contributed by atoms with Gasteiger partial charge in [-0.25, -0.2) is 0 Å². The summed E-state index contributed by atoms with van der Waals surface area (Å²) in [5, 5.41) is 0. The molecule has 1 atom stereocenters. The molecule has 1 rings (SSSR count). The van der Waals surface area contributed by atoms with E-state index in [1.165, 1.54) is 12.1 Å². The Morgan fingerprint density at radius 1 is 0.893 bits per heavy atom. The smallest absolute Gasteiger partial charge is 0.328 e. The molecule has 0 aliphatic carbocycles. The van der Waals surface area contributed by atoms with E-state index in [-0.39, 0.29) is 49.8 Å². The van der Waals surface area contributed by atoms with Gasteiger partial charge in [0.05, 0.1) is 31.3 Å². The van der Waals surface area contributed by atoms with Gasteiger partial charge in [-0.15, -0.1) is 0 Å². The third-order valence-corrected chi connectivity index (χ3v) is 11.1. The normalized spacial score (nSPS) is 14.7. The van der Waals surface area contributed by atoms with Gasteiger partial charge < -0.3 is 13.6 Å². The van der Waals surface area contributed by atoms with Gasteiger partial charge in [0, 0.05) is 6.16 Å². The monoisotopic (exact) mass is 456 g/mol. The molecule has 0 bridgehead atoms. The van der Waals surface area contributed by atoms with Gasteiger partial charge in [0.25, 0.3) is 10.1 Å². The Bertz CT molecular complexity index is 782. The first-order chi connectivity index (χ1) is 13.1. The molecule has 0 saturated carbocycles. The Labute approximate surface area is 168 Å². The number of hydrogen-bond donors (Lipinski definition) is 0. The third kappa shape index (κ3) is 8.46. The van der Waals surface area contributed by atoms with Crippen molar-refractivity contribution in [3.05, 3.63) is 29.8 Å². The van der Waals surface area contributed by atoms with Crippen LogP contribution in [0.1, 0.15) is 32.8 Å². The minimum atomic E-state index is -3.89. The first-order valence-corrected chi connectivity index (χ1v) is 14.3. The minimum Gasteiger partial charge on any atom is -0.328 e. The zero-order valence-corrected chi connectivity index (χ0v) is 19.4. The number of hydrogen-bond acceptors (Lipinski definition) is 8. The van der Waals surface area contributed by atoms with E-state index in [1.807, 2.05) is 6.92 Å². The van der Waals surface area contributed by atoms with Gasteiger partial charge in [0.15, 0.2) is 0 Å². The van der Waals surface area contributed by atoms with Crippen LogP contribution in [0.4, 0.5) is 0 Å². The van der Waals surface area contributed by atoms with Crippen molar-refractivity contribution in [1.29, 1.82) is 0 Å². The molecule has 0 fully saturated rings. The van der Waals surface area contributed by atoms with Gasteiger partial charge in [-0.05, 0) is 46.2 Å². The highest BCUT2D eigenvalue weighted by Crippen LogP contribution is 2.63. The maximum atomic E-state index is 13.1. The van der Waals surface area contributed by atoms with E-state index in [0.717, 1.165) is 5.56 Å². The van der Waals surface area contributed by atoms with Crippen LogP contribution in [0.2, 0.25) is 0 Å². The number of rotatable bonds is 14. The van der Waals surface area contributed by atoms with Gasteiger partial charge in [-0.2, -0.15) is 8.42 Å². The van der Waals surface area contributed by atoms with E-state index < -0.39 is 25.1 Å². The SMILES string of the molecule is CCOP(=O)(CCCOS(=O)(=O)c1ccc(C)cc1)CP(=O)(OCC)OCC. The predicted octanol–water partition coefficient (Wildman–Crippen LogP) is 4.63. The predicted molar refractivity (Wildman–Crippen MR) is 109 cm³/mol. The Balaban J connectivity index is 2.70. The first kappa shape index (κ1) is 25.5. The molecule has 0 saturated heterocycles. The molecule has 0 aliphatic heterocycles. The maximum Gasteiger partial charge on any atom is 0.340 e. The second-order valence-electron chi connectivity index (χ2n) is 5.99. The second-order valence-corrected chi connectivity index (χ2v) is 12.8. The van der Waals surface area contributed by atoms with E-state index in [9.17, 15) is 17.5 Å². The van der Waals surface area contributed by atoms with Crippen LogP contribution in [0.15, 0.2) is 29.2 Å². The average Bonchev–Trinajstić information content (AvgIpc) is 2.59. The Hall–Kier alpha value is -0.530. The van der Waals surface area contributed by atoms with Crippen LogP contribution in [-0.2, 0) is 37.0 Å².